The molecule has 4 nitrogen and oxygen atoms in total. The Kier molecular flexibility index (Phi) is 3.84. The fourth-order valence-electron chi connectivity index (χ4n) is 3.63. The van der Waals surface area contributed by atoms with Crippen LogP contribution in [-0.4, -0.2) is 9.55 Å². The maximum Gasteiger partial charge on any atom is 0.255 e. The first-order valence-corrected chi connectivity index (χ1v) is 9.11. The summed E-state index contributed by atoms with van der Waals surface area (Å²) < 4.78 is 21.9. The molecule has 28 heavy (non-hydrogen) atoms. The zero-order valence-electron chi connectivity index (χ0n) is 14.6. The van der Waals surface area contributed by atoms with Crippen LogP contribution in [0.25, 0.3) is 33.0 Å². The highest BCUT2D eigenvalue weighted by Gasteiger charge is 2.19. The molecule has 0 aliphatic rings. The molecule has 2 aromatic carbocycles. The van der Waals surface area contributed by atoms with Gasteiger partial charge in [0.25, 0.3) is 5.56 Å². The van der Waals surface area contributed by atoms with Gasteiger partial charge in [0.1, 0.15) is 17.7 Å². The van der Waals surface area contributed by atoms with Crippen molar-refractivity contribution in [2.45, 2.75) is 6.54 Å². The summed E-state index contributed by atoms with van der Waals surface area (Å²) in [7, 11) is 0. The van der Waals surface area contributed by atoms with Gasteiger partial charge in [-0.15, -0.1) is 0 Å². The van der Waals surface area contributed by atoms with E-state index in [9.17, 15) is 9.18 Å². The Morgan fingerprint density at radius 3 is 2.75 bits per heavy atom. The highest BCUT2D eigenvalue weighted by molar-refractivity contribution is 6.36. The van der Waals surface area contributed by atoms with Crippen molar-refractivity contribution in [2.24, 2.45) is 0 Å². The number of pyridine rings is 1. The summed E-state index contributed by atoms with van der Waals surface area (Å²) in [4.78, 5) is 15.1. The lowest BCUT2D eigenvalue weighted by Crippen LogP contribution is -2.06. The quantitative estimate of drug-likeness (QED) is 0.435. The largest absolute Gasteiger partial charge is 0.462 e. The van der Waals surface area contributed by atoms with Crippen molar-refractivity contribution < 1.29 is 8.81 Å². The maximum atomic E-state index is 14.2. The number of rotatable bonds is 3. The van der Waals surface area contributed by atoms with Crippen molar-refractivity contribution in [1.82, 2.24) is 9.55 Å². The smallest absolute Gasteiger partial charge is 0.255 e. The maximum absolute atomic E-state index is 14.2. The second kappa shape index (κ2) is 6.39. The van der Waals surface area contributed by atoms with Gasteiger partial charge in [-0.3, -0.25) is 4.79 Å². The van der Waals surface area contributed by atoms with Crippen LogP contribution in [0.5, 0.6) is 0 Å². The van der Waals surface area contributed by atoms with E-state index in [2.05, 4.69) is 4.98 Å². The fraction of sp³-hybridized carbons (Fsp3) is 0.0455. The molecule has 0 unspecified atom stereocenters. The number of fused-ring (bicyclic) bond motifs is 3. The van der Waals surface area contributed by atoms with E-state index >= 15 is 0 Å². The van der Waals surface area contributed by atoms with Crippen molar-refractivity contribution in [1.29, 1.82) is 0 Å². The third kappa shape index (κ3) is 2.55. The van der Waals surface area contributed by atoms with Crippen LogP contribution < -0.4 is 5.56 Å². The topological polar surface area (TPSA) is 50.9 Å². The summed E-state index contributed by atoms with van der Waals surface area (Å²) in [6, 6.07) is 14.0. The number of aromatic nitrogens is 2. The molecule has 1 N–H and O–H groups in total. The number of furan rings is 1. The van der Waals surface area contributed by atoms with Crippen LogP contribution in [0.2, 0.25) is 5.02 Å². The lowest BCUT2D eigenvalue weighted by molar-refractivity contribution is 0.602. The zero-order valence-corrected chi connectivity index (χ0v) is 15.3. The number of nitrogens with zero attached hydrogens (tertiary/aromatic N) is 1. The molecule has 0 radical (unpaired) electrons. The van der Waals surface area contributed by atoms with Crippen molar-refractivity contribution in [3.05, 3.63) is 93.9 Å². The molecule has 0 aliphatic carbocycles. The van der Waals surface area contributed by atoms with Crippen LogP contribution in [0.15, 0.2) is 76.4 Å². The summed E-state index contributed by atoms with van der Waals surface area (Å²) in [5.41, 5.74) is 3.02. The summed E-state index contributed by atoms with van der Waals surface area (Å²) in [6.07, 6.45) is 4.93. The van der Waals surface area contributed by atoms with Gasteiger partial charge < -0.3 is 14.0 Å². The molecular weight excluding hydrogens is 379 g/mol. The van der Waals surface area contributed by atoms with Gasteiger partial charge in [0.15, 0.2) is 0 Å². The Labute approximate surface area is 163 Å². The predicted molar refractivity (Wildman–Crippen MR) is 108 cm³/mol. The summed E-state index contributed by atoms with van der Waals surface area (Å²) in [5, 5.41) is 2.05. The SMILES string of the molecule is O=c1[nH]cccc1-c1cn(Cc2ccccc2F)c2ccc3c(Cl)coc3c12. The van der Waals surface area contributed by atoms with Crippen molar-refractivity contribution in [3.8, 4) is 11.1 Å². The molecule has 0 saturated heterocycles. The highest BCUT2D eigenvalue weighted by Crippen LogP contribution is 2.38. The van der Waals surface area contributed by atoms with Crippen LogP contribution >= 0.6 is 11.6 Å². The number of hydrogen-bond donors (Lipinski definition) is 1. The summed E-state index contributed by atoms with van der Waals surface area (Å²) in [6.45, 7) is 0.327. The van der Waals surface area contributed by atoms with E-state index in [1.54, 1.807) is 36.5 Å². The molecule has 5 aromatic rings. The van der Waals surface area contributed by atoms with E-state index in [-0.39, 0.29) is 11.4 Å². The molecule has 3 aromatic heterocycles. The van der Waals surface area contributed by atoms with Crippen molar-refractivity contribution >= 4 is 33.5 Å². The third-order valence-electron chi connectivity index (χ3n) is 4.94. The number of H-pyrrole nitrogens is 1. The van der Waals surface area contributed by atoms with Gasteiger partial charge in [-0.1, -0.05) is 29.8 Å². The molecule has 0 atom stereocenters. The minimum atomic E-state index is -0.273. The van der Waals surface area contributed by atoms with Crippen molar-refractivity contribution in [3.63, 3.8) is 0 Å². The van der Waals surface area contributed by atoms with Gasteiger partial charge in [-0.2, -0.15) is 0 Å². The van der Waals surface area contributed by atoms with Crippen LogP contribution in [0.4, 0.5) is 4.39 Å². The van der Waals surface area contributed by atoms with Crippen molar-refractivity contribution in [2.75, 3.05) is 0 Å². The number of benzene rings is 2. The van der Waals surface area contributed by atoms with E-state index < -0.39 is 0 Å². The average molecular weight is 393 g/mol. The third-order valence-corrected chi connectivity index (χ3v) is 5.24. The monoisotopic (exact) mass is 392 g/mol. The molecular formula is C22H14ClFN2O2. The van der Waals surface area contributed by atoms with Crippen LogP contribution in [0.1, 0.15) is 5.56 Å². The van der Waals surface area contributed by atoms with Crippen LogP contribution in [0.3, 0.4) is 0 Å². The van der Waals surface area contributed by atoms with E-state index in [1.807, 2.05) is 22.9 Å². The molecule has 0 fully saturated rings. The summed E-state index contributed by atoms with van der Waals surface area (Å²) in [5.74, 6) is -0.273. The molecule has 0 spiro atoms. The van der Waals surface area contributed by atoms with Gasteiger partial charge in [0.2, 0.25) is 0 Å². The fourth-order valence-corrected chi connectivity index (χ4v) is 3.82. The minimum absolute atomic E-state index is 0.206. The predicted octanol–water partition coefficient (Wildman–Crippen LogP) is 5.58. The van der Waals surface area contributed by atoms with Crippen LogP contribution in [0, 0.1) is 5.82 Å². The first-order chi connectivity index (χ1) is 13.6. The lowest BCUT2D eigenvalue weighted by atomic mass is 10.0. The zero-order chi connectivity index (χ0) is 19.3. The van der Waals surface area contributed by atoms with E-state index in [0.29, 0.717) is 33.8 Å². The Morgan fingerprint density at radius 2 is 1.93 bits per heavy atom. The van der Waals surface area contributed by atoms with E-state index in [1.165, 1.54) is 12.3 Å². The molecule has 3 heterocycles. The van der Waals surface area contributed by atoms with Gasteiger partial charge in [0, 0.05) is 34.5 Å². The second-order valence-electron chi connectivity index (χ2n) is 6.60. The summed E-state index contributed by atoms with van der Waals surface area (Å²) >= 11 is 6.24. The molecule has 0 bridgehead atoms. The standard InChI is InChI=1S/C22H14ClFN2O2/c23-17-12-28-21-15(17)7-8-19-20(21)16(14-5-3-9-25-22(14)27)11-26(19)10-13-4-1-2-6-18(13)24/h1-9,11-12H,10H2,(H,25,27). The number of halogens is 2. The van der Waals surface area contributed by atoms with Gasteiger partial charge >= 0.3 is 0 Å². The Balaban J connectivity index is 1.83. The molecule has 0 aliphatic heterocycles. The molecule has 5 rings (SSSR count). The van der Waals surface area contributed by atoms with E-state index in [0.717, 1.165) is 16.3 Å². The number of aromatic amines is 1. The number of nitrogens with one attached hydrogen (secondary N) is 1. The molecule has 0 saturated carbocycles. The minimum Gasteiger partial charge on any atom is -0.462 e. The Hall–Kier alpha value is -3.31. The molecule has 138 valence electrons. The highest BCUT2D eigenvalue weighted by atomic mass is 35.5. The number of hydrogen-bond acceptors (Lipinski definition) is 2. The van der Waals surface area contributed by atoms with Gasteiger partial charge in [0.05, 0.1) is 22.5 Å². The average Bonchev–Trinajstić information content (AvgIpc) is 3.25. The normalized spacial score (nSPS) is 11.5. The van der Waals surface area contributed by atoms with Gasteiger partial charge in [-0.05, 0) is 30.3 Å². The van der Waals surface area contributed by atoms with Gasteiger partial charge in [-0.25, -0.2) is 4.39 Å². The molecule has 6 heteroatoms. The second-order valence-corrected chi connectivity index (χ2v) is 7.00. The lowest BCUT2D eigenvalue weighted by Gasteiger charge is -2.06. The Bertz CT molecular complexity index is 1400. The first-order valence-electron chi connectivity index (χ1n) is 8.73. The molecule has 0 amide bonds. The van der Waals surface area contributed by atoms with E-state index in [4.69, 9.17) is 16.0 Å². The Morgan fingerprint density at radius 1 is 1.07 bits per heavy atom. The first kappa shape index (κ1) is 16.8. The van der Waals surface area contributed by atoms with Crippen LogP contribution in [-0.2, 0) is 6.54 Å².